The second kappa shape index (κ2) is 8.98. The molecule has 0 aliphatic heterocycles. The largest absolute Gasteiger partial charge is 0.465 e. The Morgan fingerprint density at radius 3 is 2.30 bits per heavy atom. The van der Waals surface area contributed by atoms with E-state index in [9.17, 15) is 13.2 Å². The highest BCUT2D eigenvalue weighted by atomic mass is 79.9. The molecule has 0 amide bonds. The normalized spacial score (nSPS) is 11.7. The average Bonchev–Trinajstić information content (AvgIpc) is 2.51. The number of halogens is 2. The molecule has 6 nitrogen and oxygen atoms in total. The number of hydrogen-bond acceptors (Lipinski definition) is 5. The smallest absolute Gasteiger partial charge is 0.337 e. The summed E-state index contributed by atoms with van der Waals surface area (Å²) >= 11 is 3.20. The van der Waals surface area contributed by atoms with Crippen molar-refractivity contribution in [2.45, 2.75) is 37.1 Å². The Morgan fingerprint density at radius 1 is 1.35 bits per heavy atom. The van der Waals surface area contributed by atoms with E-state index in [0.29, 0.717) is 17.3 Å². The number of benzene rings is 1. The van der Waals surface area contributed by atoms with Gasteiger partial charge in [-0.2, -0.15) is 0 Å². The highest BCUT2D eigenvalue weighted by Gasteiger charge is 2.31. The second-order valence-corrected chi connectivity index (χ2v) is 7.44. The Kier molecular flexibility index (Phi) is 8.72. The number of hydrogen-bond donors (Lipinski definition) is 2. The molecule has 0 heterocycles. The Hall–Kier alpha value is -0.670. The van der Waals surface area contributed by atoms with Gasteiger partial charge in [0.25, 0.3) is 0 Å². The molecule has 0 spiro atoms. The molecule has 0 fully saturated rings. The summed E-state index contributed by atoms with van der Waals surface area (Å²) < 4.78 is 32.7. The van der Waals surface area contributed by atoms with E-state index in [1.54, 1.807) is 0 Å². The SMILES string of the molecule is CCC(CC)(CN)NS(=O)(=O)c1ccc(C(=O)OC)cc1Br.Cl. The third kappa shape index (κ3) is 5.15. The zero-order chi connectivity index (χ0) is 17.0. The molecule has 0 aromatic heterocycles. The van der Waals surface area contributed by atoms with Crippen molar-refractivity contribution in [3.8, 4) is 0 Å². The molecule has 0 bridgehead atoms. The minimum Gasteiger partial charge on any atom is -0.465 e. The van der Waals surface area contributed by atoms with Gasteiger partial charge in [0.05, 0.1) is 17.6 Å². The molecule has 23 heavy (non-hydrogen) atoms. The van der Waals surface area contributed by atoms with E-state index in [0.717, 1.165) is 0 Å². The molecule has 0 aliphatic carbocycles. The summed E-state index contributed by atoms with van der Waals surface area (Å²) in [6.45, 7) is 3.97. The Morgan fingerprint density at radius 2 is 1.91 bits per heavy atom. The maximum absolute atomic E-state index is 12.6. The number of ether oxygens (including phenoxy) is 1. The number of esters is 1. The van der Waals surface area contributed by atoms with Crippen LogP contribution in [0.1, 0.15) is 37.0 Å². The van der Waals surface area contributed by atoms with Crippen LogP contribution in [0.15, 0.2) is 27.6 Å². The van der Waals surface area contributed by atoms with Crippen LogP contribution in [0.3, 0.4) is 0 Å². The number of sulfonamides is 1. The lowest BCUT2D eigenvalue weighted by Crippen LogP contribution is -2.52. The van der Waals surface area contributed by atoms with Crippen LogP contribution in [0, 0.1) is 0 Å². The number of nitrogens with one attached hydrogen (secondary N) is 1. The fourth-order valence-electron chi connectivity index (χ4n) is 2.03. The molecule has 132 valence electrons. The molecule has 0 saturated heterocycles. The maximum atomic E-state index is 12.6. The van der Waals surface area contributed by atoms with Crippen molar-refractivity contribution in [3.63, 3.8) is 0 Å². The van der Waals surface area contributed by atoms with Crippen molar-refractivity contribution in [2.24, 2.45) is 5.73 Å². The Labute approximate surface area is 151 Å². The molecule has 0 atom stereocenters. The monoisotopic (exact) mass is 428 g/mol. The average molecular weight is 430 g/mol. The van der Waals surface area contributed by atoms with E-state index in [2.05, 4.69) is 25.4 Å². The van der Waals surface area contributed by atoms with Gasteiger partial charge < -0.3 is 10.5 Å². The number of methoxy groups -OCH3 is 1. The number of carbonyl (C=O) groups excluding carboxylic acids is 1. The maximum Gasteiger partial charge on any atom is 0.337 e. The number of nitrogens with two attached hydrogens (primary N) is 1. The first-order valence-corrected chi connectivity index (χ1v) is 9.14. The second-order valence-electron chi connectivity index (χ2n) is 4.93. The first kappa shape index (κ1) is 22.3. The first-order valence-electron chi connectivity index (χ1n) is 6.87. The summed E-state index contributed by atoms with van der Waals surface area (Å²) in [4.78, 5) is 11.5. The van der Waals surface area contributed by atoms with Gasteiger partial charge in [-0.05, 0) is 47.0 Å². The van der Waals surface area contributed by atoms with E-state index in [1.807, 2.05) is 13.8 Å². The fraction of sp³-hybridized carbons (Fsp3) is 0.500. The topological polar surface area (TPSA) is 98.5 Å². The summed E-state index contributed by atoms with van der Waals surface area (Å²) in [6.07, 6.45) is 1.16. The van der Waals surface area contributed by atoms with Crippen molar-refractivity contribution in [2.75, 3.05) is 13.7 Å². The molecule has 0 radical (unpaired) electrons. The lowest BCUT2D eigenvalue weighted by Gasteiger charge is -2.31. The quantitative estimate of drug-likeness (QED) is 0.649. The summed E-state index contributed by atoms with van der Waals surface area (Å²) in [5.74, 6) is -0.531. The van der Waals surface area contributed by atoms with Gasteiger partial charge in [-0.15, -0.1) is 12.4 Å². The molecule has 0 unspecified atom stereocenters. The van der Waals surface area contributed by atoms with Crippen molar-refractivity contribution in [1.82, 2.24) is 4.72 Å². The standard InChI is InChI=1S/C14H21BrN2O4S.ClH/c1-4-14(5-2,9-16)17-22(19,20)12-7-6-10(8-11(12)15)13(18)21-3;/h6-8,17H,4-5,9,16H2,1-3H3;1H. The van der Waals surface area contributed by atoms with Gasteiger partial charge >= 0.3 is 5.97 Å². The van der Waals surface area contributed by atoms with Crippen LogP contribution in [-0.4, -0.2) is 33.6 Å². The molecule has 3 N–H and O–H groups in total. The molecule has 9 heteroatoms. The van der Waals surface area contributed by atoms with Crippen LogP contribution in [0.25, 0.3) is 0 Å². The van der Waals surface area contributed by atoms with Crippen LogP contribution >= 0.6 is 28.3 Å². The predicted molar refractivity (Wildman–Crippen MR) is 95.4 cm³/mol. The lowest BCUT2D eigenvalue weighted by atomic mass is 9.95. The number of carbonyl (C=O) groups is 1. The van der Waals surface area contributed by atoms with Gasteiger partial charge in [0.15, 0.2) is 0 Å². The molecule has 0 aliphatic rings. The van der Waals surface area contributed by atoms with Gasteiger partial charge in [0, 0.05) is 16.6 Å². The van der Waals surface area contributed by atoms with Crippen LogP contribution in [0.5, 0.6) is 0 Å². The third-order valence-electron chi connectivity index (χ3n) is 3.74. The Balaban J connectivity index is 0.00000484. The Bertz CT molecular complexity index is 640. The van der Waals surface area contributed by atoms with Gasteiger partial charge in [-0.3, -0.25) is 0 Å². The molecular weight excluding hydrogens is 408 g/mol. The minimum atomic E-state index is -3.76. The van der Waals surface area contributed by atoms with Crippen molar-refractivity contribution >= 4 is 44.3 Å². The van der Waals surface area contributed by atoms with Gasteiger partial charge in [-0.1, -0.05) is 13.8 Å². The van der Waals surface area contributed by atoms with E-state index in [1.165, 1.54) is 25.3 Å². The predicted octanol–water partition coefficient (Wildman–Crippen LogP) is 2.45. The minimum absolute atomic E-state index is 0. The third-order valence-corrected chi connectivity index (χ3v) is 6.29. The van der Waals surface area contributed by atoms with Crippen molar-refractivity contribution in [1.29, 1.82) is 0 Å². The van der Waals surface area contributed by atoms with E-state index < -0.39 is 21.5 Å². The van der Waals surface area contributed by atoms with Crippen LogP contribution in [0.4, 0.5) is 0 Å². The first-order chi connectivity index (χ1) is 10.2. The molecule has 1 aromatic rings. The summed E-state index contributed by atoms with van der Waals surface area (Å²) in [7, 11) is -2.50. The van der Waals surface area contributed by atoms with Gasteiger partial charge in [-0.25, -0.2) is 17.9 Å². The fourth-order valence-corrected chi connectivity index (χ4v) is 4.66. The van der Waals surface area contributed by atoms with Crippen LogP contribution in [0.2, 0.25) is 0 Å². The molecule has 1 aromatic carbocycles. The lowest BCUT2D eigenvalue weighted by molar-refractivity contribution is 0.0600. The summed E-state index contributed by atoms with van der Waals surface area (Å²) in [5.41, 5.74) is 5.32. The van der Waals surface area contributed by atoms with Crippen molar-refractivity contribution in [3.05, 3.63) is 28.2 Å². The molecule has 0 saturated carbocycles. The number of rotatable bonds is 7. The molecular formula is C14H22BrClN2O4S. The summed E-state index contributed by atoms with van der Waals surface area (Å²) in [5, 5.41) is 0. The zero-order valence-electron chi connectivity index (χ0n) is 13.3. The molecule has 1 rings (SSSR count). The van der Waals surface area contributed by atoms with Crippen molar-refractivity contribution < 1.29 is 17.9 Å². The van der Waals surface area contributed by atoms with E-state index in [-0.39, 0.29) is 29.4 Å². The van der Waals surface area contributed by atoms with Gasteiger partial charge in [0.1, 0.15) is 0 Å². The van der Waals surface area contributed by atoms with Crippen LogP contribution < -0.4 is 10.5 Å². The summed E-state index contributed by atoms with van der Waals surface area (Å²) in [6, 6.07) is 4.20. The highest BCUT2D eigenvalue weighted by molar-refractivity contribution is 9.10. The van der Waals surface area contributed by atoms with Crippen LogP contribution in [-0.2, 0) is 14.8 Å². The zero-order valence-corrected chi connectivity index (χ0v) is 16.5. The van der Waals surface area contributed by atoms with Gasteiger partial charge in [0.2, 0.25) is 10.0 Å². The van der Waals surface area contributed by atoms with E-state index >= 15 is 0 Å². The highest BCUT2D eigenvalue weighted by Crippen LogP contribution is 2.26. The van der Waals surface area contributed by atoms with E-state index in [4.69, 9.17) is 5.73 Å².